The highest BCUT2D eigenvalue weighted by atomic mass is 16.6. The van der Waals surface area contributed by atoms with E-state index in [1.807, 2.05) is 0 Å². The van der Waals surface area contributed by atoms with Crippen LogP contribution in [0, 0.1) is 27.2 Å². The van der Waals surface area contributed by atoms with Crippen molar-refractivity contribution in [3.8, 4) is 11.3 Å². The van der Waals surface area contributed by atoms with Crippen LogP contribution in [0.5, 0.6) is 0 Å². The minimum absolute atomic E-state index is 0.0113. The van der Waals surface area contributed by atoms with Gasteiger partial charge in [0, 0.05) is 24.2 Å². The van der Waals surface area contributed by atoms with Crippen molar-refractivity contribution in [2.75, 3.05) is 12.3 Å². The number of non-ortho nitro benzene ring substituents is 2. The summed E-state index contributed by atoms with van der Waals surface area (Å²) < 4.78 is 0. The Hall–Kier alpha value is -3.63. The molecule has 2 aromatic rings. The monoisotopic (exact) mass is 346 g/mol. The van der Waals surface area contributed by atoms with Gasteiger partial charge in [-0.25, -0.2) is 9.97 Å². The highest BCUT2D eigenvalue weighted by Gasteiger charge is 2.23. The lowest BCUT2D eigenvalue weighted by Crippen LogP contribution is -2.25. The number of nitrogens with one attached hydrogen (secondary N) is 1. The molecule has 3 N–H and O–H groups in total. The second-order valence-electron chi connectivity index (χ2n) is 5.00. The van der Waals surface area contributed by atoms with Gasteiger partial charge in [-0.2, -0.15) is 0 Å². The van der Waals surface area contributed by atoms with Crippen LogP contribution in [0.25, 0.3) is 11.3 Å². The molecule has 0 aliphatic heterocycles. The van der Waals surface area contributed by atoms with Crippen molar-refractivity contribution in [1.29, 1.82) is 0 Å². The zero-order chi connectivity index (χ0) is 18.7. The number of nitrogen functional groups attached to an aromatic ring is 1. The Kier molecular flexibility index (Phi) is 4.86. The second kappa shape index (κ2) is 6.86. The Labute approximate surface area is 141 Å². The summed E-state index contributed by atoms with van der Waals surface area (Å²) in [5.41, 5.74) is 4.93. The van der Waals surface area contributed by atoms with E-state index < -0.39 is 27.1 Å². The predicted molar refractivity (Wildman–Crippen MR) is 87.9 cm³/mol. The molecule has 0 fully saturated rings. The number of nitrogens with zero attached hydrogens (tertiary/aromatic N) is 4. The molecule has 0 aliphatic carbocycles. The third-order valence-corrected chi connectivity index (χ3v) is 3.27. The fraction of sp³-hybridized carbons (Fsp3) is 0.214. The molecule has 0 spiro atoms. The molecule has 1 heterocycles. The number of aromatic nitrogens is 2. The van der Waals surface area contributed by atoms with Gasteiger partial charge in [0.15, 0.2) is 0 Å². The van der Waals surface area contributed by atoms with Crippen molar-refractivity contribution in [2.24, 2.45) is 0 Å². The molecule has 0 saturated carbocycles. The first-order valence-electron chi connectivity index (χ1n) is 7.11. The van der Waals surface area contributed by atoms with E-state index in [4.69, 9.17) is 5.73 Å². The average molecular weight is 346 g/mol. The van der Waals surface area contributed by atoms with Crippen molar-refractivity contribution in [3.05, 3.63) is 49.7 Å². The van der Waals surface area contributed by atoms with E-state index in [0.29, 0.717) is 6.54 Å². The van der Waals surface area contributed by atoms with Crippen LogP contribution in [-0.2, 0) is 0 Å². The molecule has 11 nitrogen and oxygen atoms in total. The van der Waals surface area contributed by atoms with Gasteiger partial charge >= 0.3 is 0 Å². The highest BCUT2D eigenvalue weighted by Crippen LogP contribution is 2.31. The molecule has 2 rings (SSSR count). The van der Waals surface area contributed by atoms with Crippen LogP contribution < -0.4 is 11.1 Å². The van der Waals surface area contributed by atoms with Gasteiger partial charge in [0.05, 0.1) is 32.9 Å². The normalized spacial score (nSPS) is 10.3. The first-order chi connectivity index (χ1) is 11.7. The Morgan fingerprint density at radius 2 is 1.72 bits per heavy atom. The first kappa shape index (κ1) is 17.7. The number of aryl methyl sites for hydroxylation is 1. The number of anilines is 1. The number of nitrogens with two attached hydrogens (primary N) is 1. The van der Waals surface area contributed by atoms with Gasteiger partial charge in [-0.15, -0.1) is 0 Å². The summed E-state index contributed by atoms with van der Waals surface area (Å²) in [4.78, 5) is 40.8. The van der Waals surface area contributed by atoms with Crippen LogP contribution in [0.1, 0.15) is 23.0 Å². The number of nitro benzene ring substituents is 2. The number of amides is 1. The number of benzene rings is 1. The second-order valence-corrected chi connectivity index (χ2v) is 5.00. The molecule has 1 aromatic carbocycles. The summed E-state index contributed by atoms with van der Waals surface area (Å²) >= 11 is 0. The third kappa shape index (κ3) is 3.65. The number of carbonyl (C=O) groups is 1. The molecule has 0 bridgehead atoms. The molecule has 25 heavy (non-hydrogen) atoms. The van der Waals surface area contributed by atoms with Gasteiger partial charge in [0.2, 0.25) is 5.95 Å². The Morgan fingerprint density at radius 3 is 2.20 bits per heavy atom. The van der Waals surface area contributed by atoms with Gasteiger partial charge in [-0.3, -0.25) is 25.0 Å². The number of carbonyl (C=O) groups excluding carboxylic acids is 1. The largest absolute Gasteiger partial charge is 0.368 e. The lowest BCUT2D eigenvalue weighted by molar-refractivity contribution is -0.394. The maximum absolute atomic E-state index is 12.3. The molecule has 0 unspecified atom stereocenters. The van der Waals surface area contributed by atoms with Gasteiger partial charge < -0.3 is 11.1 Å². The van der Waals surface area contributed by atoms with Gasteiger partial charge in [-0.1, -0.05) is 0 Å². The van der Waals surface area contributed by atoms with Crippen LogP contribution in [0.2, 0.25) is 0 Å². The molecule has 130 valence electrons. The molecular formula is C14H14N6O5. The maximum atomic E-state index is 12.3. The van der Waals surface area contributed by atoms with Crippen molar-refractivity contribution >= 4 is 23.2 Å². The van der Waals surface area contributed by atoms with E-state index in [9.17, 15) is 25.0 Å². The number of hydrogen-bond acceptors (Lipinski definition) is 8. The minimum atomic E-state index is -0.764. The average Bonchev–Trinajstić information content (AvgIpc) is 2.53. The van der Waals surface area contributed by atoms with Crippen molar-refractivity contribution < 1.29 is 14.6 Å². The van der Waals surface area contributed by atoms with Crippen LogP contribution in [0.4, 0.5) is 17.3 Å². The molecular weight excluding hydrogens is 332 g/mol. The summed E-state index contributed by atoms with van der Waals surface area (Å²) in [6.07, 6.45) is 0. The summed E-state index contributed by atoms with van der Waals surface area (Å²) in [5, 5.41) is 24.7. The van der Waals surface area contributed by atoms with E-state index in [2.05, 4.69) is 15.3 Å². The van der Waals surface area contributed by atoms with E-state index in [1.54, 1.807) is 6.92 Å². The van der Waals surface area contributed by atoms with Crippen LogP contribution in [-0.4, -0.2) is 32.3 Å². The van der Waals surface area contributed by atoms with Gasteiger partial charge in [-0.05, 0) is 13.8 Å². The summed E-state index contributed by atoms with van der Waals surface area (Å²) in [6.45, 7) is 3.57. The van der Waals surface area contributed by atoms with E-state index >= 15 is 0 Å². The van der Waals surface area contributed by atoms with Crippen molar-refractivity contribution in [3.63, 3.8) is 0 Å². The topological polar surface area (TPSA) is 167 Å². The van der Waals surface area contributed by atoms with Crippen molar-refractivity contribution in [1.82, 2.24) is 15.3 Å². The van der Waals surface area contributed by atoms with E-state index in [1.165, 1.54) is 6.92 Å². The molecule has 0 aliphatic rings. The smallest absolute Gasteiger partial charge is 0.276 e. The van der Waals surface area contributed by atoms with E-state index in [0.717, 1.165) is 18.2 Å². The van der Waals surface area contributed by atoms with Crippen LogP contribution in [0.3, 0.4) is 0 Å². The van der Waals surface area contributed by atoms with Gasteiger partial charge in [0.1, 0.15) is 0 Å². The Balaban J connectivity index is 2.79. The maximum Gasteiger partial charge on any atom is 0.276 e. The Bertz CT molecular complexity index is 850. The standard InChI is InChI=1S/C14H14N6O5/c1-3-16-13(21)11-7(2)17-14(15)18-12(11)8-4-9(19(22)23)6-10(5-8)20(24)25/h4-6H,3H2,1-2H3,(H,16,21)(H2,15,17,18). The Morgan fingerprint density at radius 1 is 1.16 bits per heavy atom. The summed E-state index contributed by atoms with van der Waals surface area (Å²) in [7, 11) is 0. The van der Waals surface area contributed by atoms with E-state index in [-0.39, 0.29) is 28.5 Å². The molecule has 0 saturated heterocycles. The molecule has 0 atom stereocenters. The summed E-state index contributed by atoms with van der Waals surface area (Å²) in [5.74, 6) is -0.668. The van der Waals surface area contributed by atoms with Crippen molar-refractivity contribution in [2.45, 2.75) is 13.8 Å². The van der Waals surface area contributed by atoms with Crippen LogP contribution in [0.15, 0.2) is 18.2 Å². The minimum Gasteiger partial charge on any atom is -0.368 e. The zero-order valence-corrected chi connectivity index (χ0v) is 13.3. The lowest BCUT2D eigenvalue weighted by atomic mass is 10.0. The number of rotatable bonds is 5. The zero-order valence-electron chi connectivity index (χ0n) is 13.3. The summed E-state index contributed by atoms with van der Waals surface area (Å²) in [6, 6.07) is 3.01. The SMILES string of the molecule is CCNC(=O)c1c(C)nc(N)nc1-c1cc([N+](=O)[O-])cc([N+](=O)[O-])c1. The third-order valence-electron chi connectivity index (χ3n) is 3.27. The quantitative estimate of drug-likeness (QED) is 0.607. The lowest BCUT2D eigenvalue weighted by Gasteiger charge is -2.12. The molecule has 11 heteroatoms. The highest BCUT2D eigenvalue weighted by molar-refractivity contribution is 6.01. The number of hydrogen-bond donors (Lipinski definition) is 2. The molecule has 1 amide bonds. The molecule has 0 radical (unpaired) electrons. The fourth-order valence-corrected chi connectivity index (χ4v) is 2.27. The number of nitro groups is 2. The van der Waals surface area contributed by atoms with Gasteiger partial charge in [0.25, 0.3) is 17.3 Å². The predicted octanol–water partition coefficient (Wildman–Crippen LogP) is 1.60. The van der Waals surface area contributed by atoms with Crippen LogP contribution >= 0.6 is 0 Å². The fourth-order valence-electron chi connectivity index (χ4n) is 2.27. The first-order valence-corrected chi connectivity index (χ1v) is 7.11. The molecule has 1 aromatic heterocycles.